The number of benzene rings is 1. The first-order valence-electron chi connectivity index (χ1n) is 5.02. The summed E-state index contributed by atoms with van der Waals surface area (Å²) in [5, 5.41) is 19.8. The zero-order chi connectivity index (χ0) is 13.7. The molecule has 0 amide bonds. The Bertz CT molecular complexity index is 537. The predicted octanol–water partition coefficient (Wildman–Crippen LogP) is 2.23. The largest absolute Gasteiger partial charge is 0.466 e. The van der Waals surface area contributed by atoms with Gasteiger partial charge in [0.2, 0.25) is 0 Å². The molecule has 0 radical (unpaired) electrons. The zero-order valence-corrected chi connectivity index (χ0v) is 10.2. The molecule has 0 bridgehead atoms. The van der Waals surface area contributed by atoms with E-state index < -0.39 is 16.6 Å². The lowest BCUT2D eigenvalue weighted by Crippen LogP contribution is -2.09. The quantitative estimate of drug-likeness (QED) is 0.474. The Morgan fingerprint density at radius 1 is 1.61 bits per heavy atom. The van der Waals surface area contributed by atoms with Gasteiger partial charge in [-0.3, -0.25) is 14.9 Å². The number of rotatable bonds is 4. The van der Waals surface area contributed by atoms with Crippen LogP contribution in [0.25, 0.3) is 0 Å². The molecule has 1 rings (SSSR count). The van der Waals surface area contributed by atoms with Gasteiger partial charge in [0, 0.05) is 11.1 Å². The zero-order valence-electron chi connectivity index (χ0n) is 9.47. The van der Waals surface area contributed by atoms with Gasteiger partial charge in [0.1, 0.15) is 11.6 Å². The number of carbonyl (C=O) groups is 1. The number of nitriles is 1. The summed E-state index contributed by atoms with van der Waals surface area (Å²) in [4.78, 5) is 21.4. The summed E-state index contributed by atoms with van der Waals surface area (Å²) in [6, 6.07) is 4.14. The third kappa shape index (κ3) is 3.18. The summed E-state index contributed by atoms with van der Waals surface area (Å²) in [5.74, 6) is -0.564. The highest BCUT2D eigenvalue weighted by molar-refractivity contribution is 6.31. The number of nitrogens with zero attached hydrogens (tertiary/aromatic N) is 2. The molecule has 0 unspecified atom stereocenters. The Balaban J connectivity index is 3.23. The number of nitro groups is 1. The van der Waals surface area contributed by atoms with E-state index in [1.807, 2.05) is 0 Å². The lowest BCUT2D eigenvalue weighted by atomic mass is 10.0. The minimum Gasteiger partial charge on any atom is -0.466 e. The molecule has 0 aliphatic heterocycles. The van der Waals surface area contributed by atoms with Gasteiger partial charge < -0.3 is 4.74 Å². The molecule has 18 heavy (non-hydrogen) atoms. The first-order valence-corrected chi connectivity index (χ1v) is 5.40. The Morgan fingerprint density at radius 3 is 2.78 bits per heavy atom. The van der Waals surface area contributed by atoms with Crippen LogP contribution in [0.1, 0.15) is 18.1 Å². The van der Waals surface area contributed by atoms with Crippen LogP contribution in [0.3, 0.4) is 0 Å². The van der Waals surface area contributed by atoms with Crippen molar-refractivity contribution in [3.05, 3.63) is 38.4 Å². The van der Waals surface area contributed by atoms with Crippen molar-refractivity contribution in [2.75, 3.05) is 6.61 Å². The second-order valence-electron chi connectivity index (χ2n) is 3.31. The number of halogens is 1. The standard InChI is InChI=1S/C11H9ClN2O4/c1-2-18-11(15)4-7-3-8(12)5-10(14(16)17)9(7)6-13/h3,5H,2,4H2,1H3. The van der Waals surface area contributed by atoms with Crippen molar-refractivity contribution in [1.29, 1.82) is 5.26 Å². The van der Waals surface area contributed by atoms with Crippen LogP contribution in [-0.2, 0) is 16.0 Å². The SMILES string of the molecule is CCOC(=O)Cc1cc(Cl)cc([N+](=O)[O-])c1C#N. The Morgan fingerprint density at radius 2 is 2.28 bits per heavy atom. The van der Waals surface area contributed by atoms with Crippen molar-refractivity contribution in [2.45, 2.75) is 13.3 Å². The van der Waals surface area contributed by atoms with Crippen molar-refractivity contribution in [2.24, 2.45) is 0 Å². The molecule has 0 aliphatic rings. The van der Waals surface area contributed by atoms with E-state index in [0.29, 0.717) is 0 Å². The lowest BCUT2D eigenvalue weighted by Gasteiger charge is -2.05. The lowest BCUT2D eigenvalue weighted by molar-refractivity contribution is -0.385. The van der Waals surface area contributed by atoms with Crippen molar-refractivity contribution < 1.29 is 14.5 Å². The van der Waals surface area contributed by atoms with Gasteiger partial charge in [-0.1, -0.05) is 11.6 Å². The molecule has 6 nitrogen and oxygen atoms in total. The molecule has 0 aliphatic carbocycles. The van der Waals surface area contributed by atoms with Crippen LogP contribution in [0.4, 0.5) is 5.69 Å². The van der Waals surface area contributed by atoms with Gasteiger partial charge in [-0.15, -0.1) is 0 Å². The first-order chi connectivity index (χ1) is 8.49. The van der Waals surface area contributed by atoms with E-state index in [0.717, 1.165) is 6.07 Å². The van der Waals surface area contributed by atoms with E-state index >= 15 is 0 Å². The summed E-state index contributed by atoms with van der Waals surface area (Å²) < 4.78 is 4.72. The number of ether oxygens (including phenoxy) is 1. The topological polar surface area (TPSA) is 93.2 Å². The maximum absolute atomic E-state index is 11.3. The van der Waals surface area contributed by atoms with Crippen LogP contribution in [0.5, 0.6) is 0 Å². The predicted molar refractivity (Wildman–Crippen MR) is 63.2 cm³/mol. The molecule has 1 aromatic rings. The average Bonchev–Trinajstić information content (AvgIpc) is 2.28. The molecule has 0 N–H and O–H groups in total. The minimum absolute atomic E-state index is 0.0972. The van der Waals surface area contributed by atoms with Crippen molar-refractivity contribution in [1.82, 2.24) is 0 Å². The molecule has 0 heterocycles. The third-order valence-corrected chi connectivity index (χ3v) is 2.33. The fourth-order valence-electron chi connectivity index (χ4n) is 1.43. The summed E-state index contributed by atoms with van der Waals surface area (Å²) in [6.07, 6.45) is -0.224. The average molecular weight is 269 g/mol. The summed E-state index contributed by atoms with van der Waals surface area (Å²) >= 11 is 5.72. The third-order valence-electron chi connectivity index (χ3n) is 2.11. The normalized spacial score (nSPS) is 9.61. The van der Waals surface area contributed by atoms with Crippen LogP contribution in [0.2, 0.25) is 5.02 Å². The van der Waals surface area contributed by atoms with Crippen LogP contribution in [0, 0.1) is 21.4 Å². The highest BCUT2D eigenvalue weighted by atomic mass is 35.5. The van der Waals surface area contributed by atoms with Crippen LogP contribution < -0.4 is 0 Å². The molecule has 0 saturated heterocycles. The van der Waals surface area contributed by atoms with Gasteiger partial charge in [-0.2, -0.15) is 5.26 Å². The molecule has 0 fully saturated rings. The molecule has 7 heteroatoms. The highest BCUT2D eigenvalue weighted by Crippen LogP contribution is 2.27. The summed E-state index contributed by atoms with van der Waals surface area (Å²) in [5.41, 5.74) is -0.392. The van der Waals surface area contributed by atoms with Gasteiger partial charge in [0.15, 0.2) is 0 Å². The fraction of sp³-hybridized carbons (Fsp3) is 0.273. The molecular formula is C11H9ClN2O4. The Hall–Kier alpha value is -2.13. The number of esters is 1. The number of hydrogen-bond acceptors (Lipinski definition) is 5. The molecule has 1 aromatic carbocycles. The van der Waals surface area contributed by atoms with E-state index in [1.54, 1.807) is 13.0 Å². The monoisotopic (exact) mass is 268 g/mol. The number of hydrogen-bond donors (Lipinski definition) is 0. The van der Waals surface area contributed by atoms with Crippen molar-refractivity contribution >= 4 is 23.3 Å². The van der Waals surface area contributed by atoms with E-state index in [1.165, 1.54) is 6.07 Å². The van der Waals surface area contributed by atoms with E-state index in [4.69, 9.17) is 21.6 Å². The second kappa shape index (κ2) is 5.98. The molecule has 0 atom stereocenters. The molecule has 0 aromatic heterocycles. The smallest absolute Gasteiger partial charge is 0.310 e. The molecule has 0 spiro atoms. The minimum atomic E-state index is -0.709. The summed E-state index contributed by atoms with van der Waals surface area (Å²) in [7, 11) is 0. The second-order valence-corrected chi connectivity index (χ2v) is 3.75. The maximum atomic E-state index is 11.3. The first kappa shape index (κ1) is 13.9. The van der Waals surface area contributed by atoms with Gasteiger partial charge >= 0.3 is 5.97 Å². The van der Waals surface area contributed by atoms with Gasteiger partial charge in [-0.25, -0.2) is 0 Å². The van der Waals surface area contributed by atoms with Crippen molar-refractivity contribution in [3.8, 4) is 6.07 Å². The van der Waals surface area contributed by atoms with E-state index in [9.17, 15) is 14.9 Å². The van der Waals surface area contributed by atoms with Gasteiger partial charge in [0.25, 0.3) is 5.69 Å². The van der Waals surface area contributed by atoms with Crippen LogP contribution in [0.15, 0.2) is 12.1 Å². The fourth-order valence-corrected chi connectivity index (χ4v) is 1.66. The highest BCUT2D eigenvalue weighted by Gasteiger charge is 2.21. The van der Waals surface area contributed by atoms with Crippen LogP contribution in [-0.4, -0.2) is 17.5 Å². The summed E-state index contributed by atoms with van der Waals surface area (Å²) in [6.45, 7) is 1.84. The van der Waals surface area contributed by atoms with E-state index in [-0.39, 0.29) is 29.2 Å². The van der Waals surface area contributed by atoms with Crippen LogP contribution >= 0.6 is 11.6 Å². The van der Waals surface area contributed by atoms with Crippen molar-refractivity contribution in [3.63, 3.8) is 0 Å². The van der Waals surface area contributed by atoms with Gasteiger partial charge in [-0.05, 0) is 18.6 Å². The molecular weight excluding hydrogens is 260 g/mol. The number of nitro benzene ring substituents is 1. The number of carbonyl (C=O) groups excluding carboxylic acids is 1. The van der Waals surface area contributed by atoms with Gasteiger partial charge in [0.05, 0.1) is 18.0 Å². The molecule has 94 valence electrons. The Labute approximate surface area is 108 Å². The Kier molecular flexibility index (Phi) is 4.63. The molecule has 0 saturated carbocycles. The van der Waals surface area contributed by atoms with E-state index in [2.05, 4.69) is 0 Å². The maximum Gasteiger partial charge on any atom is 0.310 e.